The van der Waals surface area contributed by atoms with Gasteiger partial charge >= 0.3 is 5.97 Å². The Morgan fingerprint density at radius 3 is 2.78 bits per heavy atom. The number of nitrogens with zero attached hydrogens (tertiary/aromatic N) is 1. The van der Waals surface area contributed by atoms with E-state index in [-0.39, 0.29) is 0 Å². The summed E-state index contributed by atoms with van der Waals surface area (Å²) < 4.78 is 5.33. The van der Waals surface area contributed by atoms with Crippen molar-refractivity contribution in [3.05, 3.63) is 29.7 Å². The van der Waals surface area contributed by atoms with Crippen LogP contribution in [-0.4, -0.2) is 22.0 Å². The maximum Gasteiger partial charge on any atom is 0.330 e. The number of carboxylic acids is 1. The largest absolute Gasteiger partial charge is 0.479 e. The van der Waals surface area contributed by atoms with Gasteiger partial charge in [0.2, 0.25) is 5.91 Å². The van der Waals surface area contributed by atoms with Crippen molar-refractivity contribution >= 4 is 23.0 Å². The smallest absolute Gasteiger partial charge is 0.330 e. The molecule has 2 rings (SSSR count). The fourth-order valence-corrected chi connectivity index (χ4v) is 1.79. The first-order chi connectivity index (χ1) is 8.49. The van der Waals surface area contributed by atoms with Crippen LogP contribution in [0.5, 0.6) is 0 Å². The van der Waals surface area contributed by atoms with Gasteiger partial charge in [-0.15, -0.1) is 0 Å². The number of carboxylic acid groups (broad SMARTS) is 1. The SMILES string of the molecule is CC(=O)NC(C(=O)O)c1cccc2oc(C)nc12. The van der Waals surface area contributed by atoms with Crippen LogP contribution in [0.25, 0.3) is 11.1 Å². The zero-order chi connectivity index (χ0) is 13.3. The average Bonchev–Trinajstić information content (AvgIpc) is 2.65. The van der Waals surface area contributed by atoms with Crippen LogP contribution in [-0.2, 0) is 9.59 Å². The van der Waals surface area contributed by atoms with Crippen LogP contribution in [0, 0.1) is 6.92 Å². The van der Waals surface area contributed by atoms with Crippen molar-refractivity contribution in [2.75, 3.05) is 0 Å². The molecule has 1 unspecified atom stereocenters. The Bertz CT molecular complexity index is 618. The number of amides is 1. The molecule has 1 aromatic heterocycles. The van der Waals surface area contributed by atoms with Gasteiger partial charge in [0.1, 0.15) is 5.52 Å². The number of rotatable bonds is 3. The van der Waals surface area contributed by atoms with Crippen LogP contribution in [0.1, 0.15) is 24.4 Å². The molecule has 0 radical (unpaired) electrons. The zero-order valence-electron chi connectivity index (χ0n) is 9.93. The van der Waals surface area contributed by atoms with Gasteiger partial charge < -0.3 is 14.8 Å². The van der Waals surface area contributed by atoms with Gasteiger partial charge in [-0.1, -0.05) is 12.1 Å². The normalized spacial score (nSPS) is 12.3. The van der Waals surface area contributed by atoms with E-state index in [1.165, 1.54) is 6.92 Å². The second-order valence-electron chi connectivity index (χ2n) is 3.90. The first-order valence-electron chi connectivity index (χ1n) is 5.35. The number of aromatic nitrogens is 1. The second-order valence-corrected chi connectivity index (χ2v) is 3.90. The topological polar surface area (TPSA) is 92.4 Å². The molecule has 0 spiro atoms. The van der Waals surface area contributed by atoms with E-state index in [0.717, 1.165) is 0 Å². The molecule has 6 nitrogen and oxygen atoms in total. The quantitative estimate of drug-likeness (QED) is 0.856. The highest BCUT2D eigenvalue weighted by atomic mass is 16.4. The molecule has 18 heavy (non-hydrogen) atoms. The van der Waals surface area contributed by atoms with Crippen molar-refractivity contribution in [3.63, 3.8) is 0 Å². The summed E-state index contributed by atoms with van der Waals surface area (Å²) >= 11 is 0. The van der Waals surface area contributed by atoms with Crippen LogP contribution >= 0.6 is 0 Å². The summed E-state index contributed by atoms with van der Waals surface area (Å²) in [5, 5.41) is 11.5. The highest BCUT2D eigenvalue weighted by molar-refractivity contribution is 5.88. The maximum absolute atomic E-state index is 11.2. The van der Waals surface area contributed by atoms with E-state index in [9.17, 15) is 9.59 Å². The number of nitrogens with one attached hydrogen (secondary N) is 1. The molecule has 0 bridgehead atoms. The van der Waals surface area contributed by atoms with E-state index in [1.807, 2.05) is 0 Å². The second kappa shape index (κ2) is 4.48. The fraction of sp³-hybridized carbons (Fsp3) is 0.250. The molecule has 6 heteroatoms. The van der Waals surface area contributed by atoms with Crippen LogP contribution in [0.15, 0.2) is 22.6 Å². The average molecular weight is 248 g/mol. The van der Waals surface area contributed by atoms with Crippen molar-refractivity contribution in [2.24, 2.45) is 0 Å². The Morgan fingerprint density at radius 2 is 2.17 bits per heavy atom. The van der Waals surface area contributed by atoms with Crippen LogP contribution < -0.4 is 5.32 Å². The van der Waals surface area contributed by atoms with Gasteiger partial charge in [-0.05, 0) is 6.07 Å². The summed E-state index contributed by atoms with van der Waals surface area (Å²) in [6.45, 7) is 2.95. The van der Waals surface area contributed by atoms with Crippen LogP contribution in [0.2, 0.25) is 0 Å². The Kier molecular flexibility index (Phi) is 3.01. The molecule has 0 fully saturated rings. The number of hydrogen-bond donors (Lipinski definition) is 2. The highest BCUT2D eigenvalue weighted by Gasteiger charge is 2.24. The fourth-order valence-electron chi connectivity index (χ4n) is 1.79. The zero-order valence-corrected chi connectivity index (χ0v) is 9.93. The van der Waals surface area contributed by atoms with E-state index in [0.29, 0.717) is 22.6 Å². The van der Waals surface area contributed by atoms with E-state index in [1.54, 1.807) is 25.1 Å². The van der Waals surface area contributed by atoms with Gasteiger partial charge in [0.15, 0.2) is 17.5 Å². The molecule has 1 amide bonds. The minimum atomic E-state index is -1.14. The maximum atomic E-state index is 11.2. The summed E-state index contributed by atoms with van der Waals surface area (Å²) in [4.78, 5) is 26.4. The number of fused-ring (bicyclic) bond motifs is 1. The van der Waals surface area contributed by atoms with E-state index in [2.05, 4.69) is 10.3 Å². The third kappa shape index (κ3) is 2.17. The minimum Gasteiger partial charge on any atom is -0.479 e. The molecule has 0 aliphatic rings. The summed E-state index contributed by atoms with van der Waals surface area (Å²) in [6, 6.07) is 3.85. The number of oxazole rings is 1. The monoisotopic (exact) mass is 248 g/mol. The predicted molar refractivity (Wildman–Crippen MR) is 62.9 cm³/mol. The standard InChI is InChI=1S/C12H12N2O4/c1-6(15)13-11(12(16)17)8-4-3-5-9-10(8)14-7(2)18-9/h3-5,11H,1-2H3,(H,13,15)(H,16,17). The molecule has 0 aliphatic heterocycles. The lowest BCUT2D eigenvalue weighted by Gasteiger charge is -2.13. The molecule has 1 heterocycles. The highest BCUT2D eigenvalue weighted by Crippen LogP contribution is 2.24. The number of aliphatic carboxylic acids is 1. The molecule has 0 aliphatic carbocycles. The number of hydrogen-bond acceptors (Lipinski definition) is 4. The summed E-state index contributed by atoms with van der Waals surface area (Å²) in [5.74, 6) is -1.11. The van der Waals surface area contributed by atoms with E-state index >= 15 is 0 Å². The number of benzene rings is 1. The molecule has 1 atom stereocenters. The molecular formula is C12H12N2O4. The molecular weight excluding hydrogens is 236 g/mol. The Labute approximate surface area is 103 Å². The molecule has 2 N–H and O–H groups in total. The van der Waals surface area contributed by atoms with Gasteiger partial charge in [0.25, 0.3) is 0 Å². The minimum absolute atomic E-state index is 0.409. The van der Waals surface area contributed by atoms with Crippen molar-refractivity contribution in [1.29, 1.82) is 0 Å². The number of carbonyl (C=O) groups excluding carboxylic acids is 1. The Morgan fingerprint density at radius 1 is 1.44 bits per heavy atom. The first-order valence-corrected chi connectivity index (χ1v) is 5.35. The summed E-state index contributed by atoms with van der Waals surface area (Å²) in [6.07, 6.45) is 0. The number of para-hydroxylation sites is 1. The van der Waals surface area contributed by atoms with Crippen molar-refractivity contribution in [1.82, 2.24) is 10.3 Å². The predicted octanol–water partition coefficient (Wildman–Crippen LogP) is 1.40. The first kappa shape index (κ1) is 12.1. The lowest BCUT2D eigenvalue weighted by molar-refractivity contribution is -0.141. The summed E-state index contributed by atoms with van der Waals surface area (Å²) in [7, 11) is 0. The lowest BCUT2D eigenvalue weighted by atomic mass is 10.1. The van der Waals surface area contributed by atoms with Gasteiger partial charge in [0, 0.05) is 19.4 Å². The van der Waals surface area contributed by atoms with Gasteiger partial charge in [-0.3, -0.25) is 4.79 Å². The summed E-state index contributed by atoms with van der Waals surface area (Å²) in [5.41, 5.74) is 1.37. The van der Waals surface area contributed by atoms with Gasteiger partial charge in [-0.2, -0.15) is 0 Å². The van der Waals surface area contributed by atoms with Crippen molar-refractivity contribution in [3.8, 4) is 0 Å². The molecule has 1 aromatic carbocycles. The molecule has 0 saturated heterocycles. The van der Waals surface area contributed by atoms with E-state index < -0.39 is 17.9 Å². The molecule has 0 saturated carbocycles. The third-order valence-corrected chi connectivity index (χ3v) is 2.46. The van der Waals surface area contributed by atoms with Crippen molar-refractivity contribution in [2.45, 2.75) is 19.9 Å². The third-order valence-electron chi connectivity index (χ3n) is 2.46. The molecule has 2 aromatic rings. The van der Waals surface area contributed by atoms with Gasteiger partial charge in [-0.25, -0.2) is 9.78 Å². The number of carbonyl (C=O) groups is 2. The van der Waals surface area contributed by atoms with E-state index in [4.69, 9.17) is 9.52 Å². The van der Waals surface area contributed by atoms with Crippen LogP contribution in [0.4, 0.5) is 0 Å². The molecule has 94 valence electrons. The van der Waals surface area contributed by atoms with Crippen molar-refractivity contribution < 1.29 is 19.1 Å². The van der Waals surface area contributed by atoms with Gasteiger partial charge in [0.05, 0.1) is 0 Å². The van der Waals surface area contributed by atoms with Crippen LogP contribution in [0.3, 0.4) is 0 Å². The number of aryl methyl sites for hydroxylation is 1. The Balaban J connectivity index is 2.56. The Hall–Kier alpha value is -2.37. The lowest BCUT2D eigenvalue weighted by Crippen LogP contribution is -2.32.